The van der Waals surface area contributed by atoms with Gasteiger partial charge in [0.2, 0.25) is 5.91 Å². The lowest BCUT2D eigenvalue weighted by Crippen LogP contribution is -2.51. The topological polar surface area (TPSA) is 176 Å². The molecule has 38 heavy (non-hydrogen) atoms. The van der Waals surface area contributed by atoms with Gasteiger partial charge in [-0.2, -0.15) is 0 Å². The van der Waals surface area contributed by atoms with Gasteiger partial charge in [0.25, 0.3) is 0 Å². The second kappa shape index (κ2) is 14.4. The van der Waals surface area contributed by atoms with E-state index in [4.69, 9.17) is 20.3 Å². The number of nitrogens with zero attached hydrogens (tertiary/aromatic N) is 4. The van der Waals surface area contributed by atoms with E-state index in [1.54, 1.807) is 6.07 Å². The highest BCUT2D eigenvalue weighted by Crippen LogP contribution is 2.23. The number of aliphatic hydroxyl groups is 1. The first-order chi connectivity index (χ1) is 17.9. The molecule has 0 bridgehead atoms. The third-order valence-electron chi connectivity index (χ3n) is 4.84. The number of hydrogen-bond donors (Lipinski definition) is 4. The maximum atomic E-state index is 12.6. The number of unbranched alkanes of at least 4 members (excludes halogenated alkanes) is 1. The number of ether oxygens (including phenoxy) is 3. The Labute approximate surface area is 216 Å². The van der Waals surface area contributed by atoms with Gasteiger partial charge in [-0.3, -0.25) is 4.79 Å². The Balaban J connectivity index is 2.02. The molecule has 0 aliphatic rings. The van der Waals surface area contributed by atoms with Crippen LogP contribution < -0.4 is 21.1 Å². The summed E-state index contributed by atoms with van der Waals surface area (Å²) in [5.74, 6) is -0.738. The molecule has 0 fully saturated rings. The van der Waals surface area contributed by atoms with Crippen molar-refractivity contribution in [2.75, 3.05) is 26.4 Å². The molecule has 0 saturated carbocycles. The lowest BCUT2D eigenvalue weighted by atomic mass is 10.1. The fourth-order valence-electron chi connectivity index (χ4n) is 2.98. The van der Waals surface area contributed by atoms with Crippen LogP contribution >= 0.6 is 0 Å². The summed E-state index contributed by atoms with van der Waals surface area (Å²) >= 11 is 0. The fourth-order valence-corrected chi connectivity index (χ4v) is 2.98. The van der Waals surface area contributed by atoms with Gasteiger partial charge >= 0.3 is 12.5 Å². The van der Waals surface area contributed by atoms with Crippen molar-refractivity contribution in [1.82, 2.24) is 30.8 Å². The van der Waals surface area contributed by atoms with Gasteiger partial charge in [-0.25, -0.2) is 9.48 Å². The van der Waals surface area contributed by atoms with Crippen LogP contribution in [0.25, 0.3) is 0 Å². The molecule has 16 heteroatoms. The molecule has 0 radical (unpaired) electrons. The fraction of sp³-hybridized carbons (Fsp3) is 0.591. The average Bonchev–Trinajstić information content (AvgIpc) is 3.28. The molecule has 0 spiro atoms. The minimum Gasteiger partial charge on any atom is -0.448 e. The Morgan fingerprint density at radius 3 is 2.68 bits per heavy atom. The van der Waals surface area contributed by atoms with Crippen molar-refractivity contribution in [2.24, 2.45) is 5.73 Å². The smallest absolute Gasteiger partial charge is 0.448 e. The van der Waals surface area contributed by atoms with Gasteiger partial charge in [-0.05, 0) is 54.8 Å². The van der Waals surface area contributed by atoms with Crippen LogP contribution in [0.15, 0.2) is 24.3 Å². The molecule has 0 unspecified atom stereocenters. The largest absolute Gasteiger partial charge is 0.573 e. The molecule has 1 atom stereocenters. The number of tetrazole rings is 1. The lowest BCUT2D eigenvalue weighted by Gasteiger charge is -2.24. The van der Waals surface area contributed by atoms with E-state index in [-0.39, 0.29) is 38.8 Å². The number of halogens is 3. The highest BCUT2D eigenvalue weighted by molar-refractivity contribution is 5.85. The number of hydrogen-bond acceptors (Lipinski definition) is 10. The second-order valence-corrected chi connectivity index (χ2v) is 8.71. The van der Waals surface area contributed by atoms with Gasteiger partial charge in [0.05, 0.1) is 25.3 Å². The summed E-state index contributed by atoms with van der Waals surface area (Å²) in [6.07, 6.45) is -4.32. The molecule has 5 N–H and O–H groups in total. The average molecular weight is 548 g/mol. The zero-order chi connectivity index (χ0) is 28.2. The van der Waals surface area contributed by atoms with Crippen LogP contribution in [0.1, 0.15) is 44.1 Å². The van der Waals surface area contributed by atoms with E-state index in [0.29, 0.717) is 24.9 Å². The Kier molecular flexibility index (Phi) is 11.7. The maximum absolute atomic E-state index is 12.6. The van der Waals surface area contributed by atoms with Crippen molar-refractivity contribution in [3.8, 4) is 5.75 Å². The zero-order valence-corrected chi connectivity index (χ0v) is 21.0. The predicted octanol–water partition coefficient (Wildman–Crippen LogP) is 1.18. The predicted molar refractivity (Wildman–Crippen MR) is 125 cm³/mol. The summed E-state index contributed by atoms with van der Waals surface area (Å²) in [6, 6.07) is 4.40. The Hall–Kier alpha value is -3.50. The zero-order valence-electron chi connectivity index (χ0n) is 21.0. The normalized spacial score (nSPS) is 12.6. The molecule has 2 amide bonds. The number of aliphatic hydroxyl groups excluding tert-OH is 1. The molecule has 0 aliphatic carbocycles. The molecular formula is C22H32F3N7O6. The Morgan fingerprint density at radius 1 is 1.24 bits per heavy atom. The molecule has 1 aromatic carbocycles. The maximum Gasteiger partial charge on any atom is 0.573 e. The van der Waals surface area contributed by atoms with E-state index >= 15 is 0 Å². The molecule has 0 saturated heterocycles. The van der Waals surface area contributed by atoms with Crippen LogP contribution in [-0.2, 0) is 27.4 Å². The van der Waals surface area contributed by atoms with Crippen LogP contribution in [0.5, 0.6) is 5.75 Å². The SMILES string of the molecule is CC(C)(N)C(=O)N[C@H](COCc1cccc(OC(F)(F)F)c1)c1nnnn1CCOC(=O)NCCCCO. The number of benzene rings is 1. The highest BCUT2D eigenvalue weighted by atomic mass is 19.4. The first-order valence-corrected chi connectivity index (χ1v) is 11.7. The third kappa shape index (κ3) is 11.3. The number of carbonyl (C=O) groups excluding carboxylic acids is 2. The minimum absolute atomic E-state index is 0.0282. The summed E-state index contributed by atoms with van der Waals surface area (Å²) in [7, 11) is 0. The summed E-state index contributed by atoms with van der Waals surface area (Å²) in [4.78, 5) is 24.3. The van der Waals surface area contributed by atoms with Gasteiger partial charge in [0.1, 0.15) is 18.4 Å². The summed E-state index contributed by atoms with van der Waals surface area (Å²) in [5.41, 5.74) is 5.04. The Morgan fingerprint density at radius 2 is 2.00 bits per heavy atom. The number of rotatable bonds is 15. The van der Waals surface area contributed by atoms with Crippen LogP contribution in [0, 0.1) is 0 Å². The van der Waals surface area contributed by atoms with Crippen LogP contribution in [0.3, 0.4) is 0 Å². The van der Waals surface area contributed by atoms with E-state index in [2.05, 4.69) is 30.9 Å². The van der Waals surface area contributed by atoms with Gasteiger partial charge in [0.15, 0.2) is 5.82 Å². The number of alkyl halides is 3. The van der Waals surface area contributed by atoms with Crippen LogP contribution in [-0.4, -0.2) is 75.6 Å². The Bertz CT molecular complexity index is 1030. The van der Waals surface area contributed by atoms with Gasteiger partial charge < -0.3 is 35.7 Å². The first-order valence-electron chi connectivity index (χ1n) is 11.7. The molecule has 212 valence electrons. The quantitative estimate of drug-likeness (QED) is 0.237. The first kappa shape index (κ1) is 30.7. The van der Waals surface area contributed by atoms with Gasteiger partial charge in [-0.1, -0.05) is 12.1 Å². The summed E-state index contributed by atoms with van der Waals surface area (Å²) in [5, 5.41) is 25.4. The summed E-state index contributed by atoms with van der Waals surface area (Å²) < 4.78 is 53.5. The third-order valence-corrected chi connectivity index (χ3v) is 4.84. The molecule has 1 aromatic heterocycles. The molecule has 0 aliphatic heterocycles. The van der Waals surface area contributed by atoms with Crippen molar-refractivity contribution in [1.29, 1.82) is 0 Å². The highest BCUT2D eigenvalue weighted by Gasteiger charge is 2.31. The second-order valence-electron chi connectivity index (χ2n) is 8.71. The van der Waals surface area contributed by atoms with E-state index in [0.717, 1.165) is 6.07 Å². The molecular weight excluding hydrogens is 515 g/mol. The minimum atomic E-state index is -4.83. The monoisotopic (exact) mass is 547 g/mol. The number of amides is 2. The van der Waals surface area contributed by atoms with E-state index in [1.165, 1.54) is 30.7 Å². The number of nitrogens with one attached hydrogen (secondary N) is 2. The van der Waals surface area contributed by atoms with E-state index in [9.17, 15) is 22.8 Å². The standard InChI is InChI=1S/C22H32F3N7O6/c1-21(2,26)19(34)28-17(14-36-13-15-6-5-7-16(12-15)38-22(23,24)25)18-29-30-31-32(18)9-11-37-20(35)27-8-3-4-10-33/h5-7,12,17,33H,3-4,8-11,13-14,26H2,1-2H3,(H,27,35)(H,28,34)/t17-/m1/s1. The van der Waals surface area contributed by atoms with Crippen LogP contribution in [0.4, 0.5) is 18.0 Å². The molecule has 2 rings (SSSR count). The van der Waals surface area contributed by atoms with Crippen molar-refractivity contribution in [2.45, 2.75) is 57.8 Å². The van der Waals surface area contributed by atoms with Crippen LogP contribution in [0.2, 0.25) is 0 Å². The summed E-state index contributed by atoms with van der Waals surface area (Å²) in [6.45, 7) is 3.10. The van der Waals surface area contributed by atoms with Crippen molar-refractivity contribution in [3.63, 3.8) is 0 Å². The van der Waals surface area contributed by atoms with Crippen molar-refractivity contribution < 1.29 is 42.1 Å². The number of aromatic nitrogens is 4. The van der Waals surface area contributed by atoms with Crippen molar-refractivity contribution in [3.05, 3.63) is 35.7 Å². The van der Waals surface area contributed by atoms with Gasteiger partial charge in [0, 0.05) is 13.2 Å². The number of nitrogens with two attached hydrogens (primary N) is 1. The molecule has 2 aromatic rings. The van der Waals surface area contributed by atoms with Crippen molar-refractivity contribution >= 4 is 12.0 Å². The number of alkyl carbamates (subject to hydrolysis) is 1. The molecule has 1 heterocycles. The van der Waals surface area contributed by atoms with Gasteiger partial charge in [-0.15, -0.1) is 18.3 Å². The van der Waals surface area contributed by atoms with E-state index < -0.39 is 35.7 Å². The molecule has 13 nitrogen and oxygen atoms in total. The lowest BCUT2D eigenvalue weighted by molar-refractivity contribution is -0.274. The van der Waals surface area contributed by atoms with E-state index in [1.807, 2.05) is 0 Å². The number of carbonyl (C=O) groups is 2.